The number of hydrogen-bond donors (Lipinski definition) is 2. The molecule has 2 amide bonds. The van der Waals surface area contributed by atoms with Crippen LogP contribution in [0.15, 0.2) is 24.3 Å². The Labute approximate surface area is 136 Å². The van der Waals surface area contributed by atoms with Gasteiger partial charge in [0, 0.05) is 24.1 Å². The lowest BCUT2D eigenvalue weighted by Gasteiger charge is -2.27. The molecule has 0 aromatic heterocycles. The molecule has 1 aromatic rings. The molecule has 0 aliphatic heterocycles. The van der Waals surface area contributed by atoms with E-state index in [1.54, 1.807) is 12.1 Å². The van der Waals surface area contributed by atoms with Crippen LogP contribution in [-0.2, 0) is 9.59 Å². The zero-order valence-corrected chi connectivity index (χ0v) is 13.8. The molecule has 2 rings (SSSR count). The minimum Gasteiger partial charge on any atom is -0.356 e. The van der Waals surface area contributed by atoms with Gasteiger partial charge >= 0.3 is 0 Å². The van der Waals surface area contributed by atoms with Crippen LogP contribution in [0.3, 0.4) is 0 Å². The molecule has 0 unspecified atom stereocenters. The second-order valence-corrected chi connectivity index (χ2v) is 6.68. The van der Waals surface area contributed by atoms with E-state index in [-0.39, 0.29) is 29.5 Å². The van der Waals surface area contributed by atoms with E-state index in [4.69, 9.17) is 0 Å². The van der Waals surface area contributed by atoms with Gasteiger partial charge in [0.2, 0.25) is 11.8 Å². The van der Waals surface area contributed by atoms with Gasteiger partial charge in [0.05, 0.1) is 0 Å². The van der Waals surface area contributed by atoms with E-state index >= 15 is 0 Å². The largest absolute Gasteiger partial charge is 0.356 e. The fourth-order valence-corrected chi connectivity index (χ4v) is 2.84. The van der Waals surface area contributed by atoms with E-state index in [2.05, 4.69) is 24.5 Å². The summed E-state index contributed by atoms with van der Waals surface area (Å²) in [4.78, 5) is 24.3. The van der Waals surface area contributed by atoms with Crippen molar-refractivity contribution in [2.24, 2.45) is 17.8 Å². The Kier molecular flexibility index (Phi) is 6.13. The molecule has 0 atom stereocenters. The summed E-state index contributed by atoms with van der Waals surface area (Å²) in [6.07, 6.45) is 2.91. The fraction of sp³-hybridized carbons (Fsp3) is 0.556. The zero-order valence-electron chi connectivity index (χ0n) is 13.8. The number of anilines is 1. The molecule has 1 aliphatic rings. The van der Waals surface area contributed by atoms with Crippen LogP contribution < -0.4 is 10.6 Å². The lowest BCUT2D eigenvalue weighted by atomic mass is 9.81. The van der Waals surface area contributed by atoms with Crippen molar-refractivity contribution < 1.29 is 14.0 Å². The Bertz CT molecular complexity index is 534. The number of carbonyl (C=O) groups excluding carboxylic acids is 2. The topological polar surface area (TPSA) is 58.2 Å². The molecule has 1 aliphatic carbocycles. The minimum atomic E-state index is -0.323. The van der Waals surface area contributed by atoms with Crippen LogP contribution in [-0.4, -0.2) is 18.4 Å². The van der Waals surface area contributed by atoms with Crippen molar-refractivity contribution >= 4 is 17.5 Å². The molecule has 0 saturated heterocycles. The first-order chi connectivity index (χ1) is 11.0. The van der Waals surface area contributed by atoms with E-state index in [0.29, 0.717) is 31.0 Å². The second-order valence-electron chi connectivity index (χ2n) is 6.68. The molecule has 5 heteroatoms. The summed E-state index contributed by atoms with van der Waals surface area (Å²) in [6, 6.07) is 5.76. The number of nitrogens with one attached hydrogen (secondary N) is 2. The van der Waals surface area contributed by atoms with Crippen molar-refractivity contribution in [3.8, 4) is 0 Å². The van der Waals surface area contributed by atoms with Crippen LogP contribution in [0.25, 0.3) is 0 Å². The van der Waals surface area contributed by atoms with Gasteiger partial charge in [-0.15, -0.1) is 0 Å². The number of hydrogen-bond acceptors (Lipinski definition) is 2. The van der Waals surface area contributed by atoms with Crippen LogP contribution >= 0.6 is 0 Å². The molecule has 0 radical (unpaired) electrons. The van der Waals surface area contributed by atoms with Crippen molar-refractivity contribution in [1.29, 1.82) is 0 Å². The van der Waals surface area contributed by atoms with E-state index in [9.17, 15) is 14.0 Å². The first-order valence-electron chi connectivity index (χ1n) is 8.30. The first-order valence-corrected chi connectivity index (χ1v) is 8.30. The van der Waals surface area contributed by atoms with Crippen LogP contribution in [0, 0.1) is 23.6 Å². The first kappa shape index (κ1) is 17.4. The Morgan fingerprint density at radius 3 is 2.09 bits per heavy atom. The summed E-state index contributed by atoms with van der Waals surface area (Å²) >= 11 is 0. The van der Waals surface area contributed by atoms with Gasteiger partial charge in [-0.3, -0.25) is 9.59 Å². The standard InChI is InChI=1S/C18H25FN2O2/c1-12(2)11-20-17(22)13-3-5-14(6-4-13)18(23)21-16-9-7-15(19)8-10-16/h7-10,12-14H,3-6,11H2,1-2H3,(H,20,22)(H,21,23). The third-order valence-corrected chi connectivity index (χ3v) is 4.27. The van der Waals surface area contributed by atoms with Crippen molar-refractivity contribution in [2.45, 2.75) is 39.5 Å². The molecular formula is C18H25FN2O2. The van der Waals surface area contributed by atoms with Crippen molar-refractivity contribution in [3.63, 3.8) is 0 Å². The monoisotopic (exact) mass is 320 g/mol. The molecule has 1 aromatic carbocycles. The Balaban J connectivity index is 1.78. The van der Waals surface area contributed by atoms with Gasteiger partial charge in [-0.25, -0.2) is 4.39 Å². The summed E-state index contributed by atoms with van der Waals surface area (Å²) in [5.41, 5.74) is 0.605. The molecule has 126 valence electrons. The molecule has 0 bridgehead atoms. The predicted octanol–water partition coefficient (Wildman–Crippen LogP) is 3.34. The lowest BCUT2D eigenvalue weighted by Crippen LogP contribution is -2.36. The molecule has 1 saturated carbocycles. The molecule has 23 heavy (non-hydrogen) atoms. The highest BCUT2D eigenvalue weighted by molar-refractivity contribution is 5.92. The molecule has 0 spiro atoms. The Morgan fingerprint density at radius 1 is 1.04 bits per heavy atom. The van der Waals surface area contributed by atoms with Crippen LogP contribution in [0.2, 0.25) is 0 Å². The molecule has 4 nitrogen and oxygen atoms in total. The maximum absolute atomic E-state index is 12.9. The van der Waals surface area contributed by atoms with Crippen molar-refractivity contribution in [3.05, 3.63) is 30.1 Å². The average molecular weight is 320 g/mol. The maximum atomic E-state index is 12.9. The van der Waals surface area contributed by atoms with Crippen LogP contribution in [0.4, 0.5) is 10.1 Å². The van der Waals surface area contributed by atoms with Crippen molar-refractivity contribution in [1.82, 2.24) is 5.32 Å². The molecular weight excluding hydrogens is 295 g/mol. The van der Waals surface area contributed by atoms with Crippen LogP contribution in [0.1, 0.15) is 39.5 Å². The van der Waals surface area contributed by atoms with Gasteiger partial charge in [0.15, 0.2) is 0 Å². The molecule has 0 heterocycles. The highest BCUT2D eigenvalue weighted by Crippen LogP contribution is 2.30. The predicted molar refractivity (Wildman–Crippen MR) is 88.3 cm³/mol. The third-order valence-electron chi connectivity index (χ3n) is 4.27. The highest BCUT2D eigenvalue weighted by Gasteiger charge is 2.29. The van der Waals surface area contributed by atoms with Gasteiger partial charge in [0.25, 0.3) is 0 Å². The average Bonchev–Trinajstić information content (AvgIpc) is 2.55. The number of benzene rings is 1. The highest BCUT2D eigenvalue weighted by atomic mass is 19.1. The molecule has 1 fully saturated rings. The quantitative estimate of drug-likeness (QED) is 0.874. The number of rotatable bonds is 5. The van der Waals surface area contributed by atoms with Crippen molar-refractivity contribution in [2.75, 3.05) is 11.9 Å². The number of amides is 2. The maximum Gasteiger partial charge on any atom is 0.227 e. The van der Waals surface area contributed by atoms with E-state index < -0.39 is 0 Å². The number of halogens is 1. The summed E-state index contributed by atoms with van der Waals surface area (Å²) in [6.45, 7) is 4.83. The lowest BCUT2D eigenvalue weighted by molar-refractivity contribution is -0.128. The van der Waals surface area contributed by atoms with Gasteiger partial charge in [0.1, 0.15) is 5.82 Å². The van der Waals surface area contributed by atoms with E-state index in [1.165, 1.54) is 12.1 Å². The van der Waals surface area contributed by atoms with Gasteiger partial charge in [-0.2, -0.15) is 0 Å². The SMILES string of the molecule is CC(C)CNC(=O)C1CCC(C(=O)Nc2ccc(F)cc2)CC1. The normalized spacial score (nSPS) is 21.0. The zero-order chi connectivity index (χ0) is 16.8. The Hall–Kier alpha value is -1.91. The van der Waals surface area contributed by atoms with Gasteiger partial charge < -0.3 is 10.6 Å². The van der Waals surface area contributed by atoms with Gasteiger partial charge in [-0.1, -0.05) is 13.8 Å². The van der Waals surface area contributed by atoms with E-state index in [0.717, 1.165) is 12.8 Å². The second kappa shape index (κ2) is 8.09. The molecule has 2 N–H and O–H groups in total. The Morgan fingerprint density at radius 2 is 1.57 bits per heavy atom. The summed E-state index contributed by atoms with van der Waals surface area (Å²) in [5.74, 6) is 0.124. The van der Waals surface area contributed by atoms with Crippen LogP contribution in [0.5, 0.6) is 0 Å². The third kappa shape index (κ3) is 5.34. The van der Waals surface area contributed by atoms with E-state index in [1.807, 2.05) is 0 Å². The fourth-order valence-electron chi connectivity index (χ4n) is 2.84. The summed E-state index contributed by atoms with van der Waals surface area (Å²) in [7, 11) is 0. The number of carbonyl (C=O) groups is 2. The minimum absolute atomic E-state index is 0.0172. The summed E-state index contributed by atoms with van der Waals surface area (Å²) < 4.78 is 12.9. The smallest absolute Gasteiger partial charge is 0.227 e. The summed E-state index contributed by atoms with van der Waals surface area (Å²) in [5, 5.41) is 5.78. The van der Waals surface area contributed by atoms with Gasteiger partial charge in [-0.05, 0) is 55.9 Å².